The van der Waals surface area contributed by atoms with Crippen LogP contribution >= 0.6 is 0 Å². The van der Waals surface area contributed by atoms with Gasteiger partial charge in [0.25, 0.3) is 5.56 Å². The van der Waals surface area contributed by atoms with Crippen LogP contribution in [0.3, 0.4) is 0 Å². The Hall–Kier alpha value is -1.64. The highest BCUT2D eigenvalue weighted by Crippen LogP contribution is 2.09. The number of nitrogens with zero attached hydrogens (tertiary/aromatic N) is 1. The topological polar surface area (TPSA) is 45.8 Å². The minimum absolute atomic E-state index is 0.129. The third kappa shape index (κ3) is 3.19. The zero-order valence-electron chi connectivity index (χ0n) is 10.7. The van der Waals surface area contributed by atoms with Crippen LogP contribution in [0.2, 0.25) is 0 Å². The summed E-state index contributed by atoms with van der Waals surface area (Å²) in [7, 11) is 0. The van der Waals surface area contributed by atoms with Crippen LogP contribution in [0, 0.1) is 6.92 Å². The van der Waals surface area contributed by atoms with Crippen molar-refractivity contribution in [1.82, 2.24) is 10.2 Å². The summed E-state index contributed by atoms with van der Waals surface area (Å²) in [6, 6.07) is 7.43. The van der Waals surface area contributed by atoms with Gasteiger partial charge in [-0.05, 0) is 13.0 Å². The van der Waals surface area contributed by atoms with Gasteiger partial charge in [0.15, 0.2) is 0 Å². The van der Waals surface area contributed by atoms with Gasteiger partial charge < -0.3 is 0 Å². The number of rotatable bonds is 0. The molecule has 1 N–H and O–H groups in total. The van der Waals surface area contributed by atoms with Gasteiger partial charge >= 0.3 is 0 Å². The Morgan fingerprint density at radius 3 is 2.00 bits per heavy atom. The third-order valence-electron chi connectivity index (χ3n) is 1.89. The van der Waals surface area contributed by atoms with Crippen molar-refractivity contribution in [3.05, 3.63) is 40.3 Å². The minimum Gasteiger partial charge on any atom is -0.267 e. The molecular weight excluding hydrogens is 200 g/mol. The predicted molar refractivity (Wildman–Crippen MR) is 69.8 cm³/mol. The second-order valence-electron chi connectivity index (χ2n) is 2.68. The molecule has 0 radical (unpaired) electrons. The van der Waals surface area contributed by atoms with Crippen LogP contribution < -0.4 is 5.56 Å². The lowest BCUT2D eigenvalue weighted by molar-refractivity contribution is 0.970. The van der Waals surface area contributed by atoms with Gasteiger partial charge in [-0.25, -0.2) is 5.10 Å². The first kappa shape index (κ1) is 14.4. The maximum Gasteiger partial charge on any atom is 0.272 e. The number of nitrogens with one attached hydrogen (secondary N) is 1. The molecule has 0 saturated heterocycles. The van der Waals surface area contributed by atoms with Gasteiger partial charge in [0.2, 0.25) is 0 Å². The fraction of sp³-hybridized carbons (Fsp3) is 0.385. The lowest BCUT2D eigenvalue weighted by atomic mass is 10.1. The summed E-state index contributed by atoms with van der Waals surface area (Å²) in [6.07, 6.45) is 0. The molecule has 2 aromatic rings. The Morgan fingerprint density at radius 1 is 1.00 bits per heavy atom. The molecule has 0 aliphatic rings. The van der Waals surface area contributed by atoms with E-state index in [1.807, 2.05) is 52.8 Å². The molecule has 0 spiro atoms. The summed E-state index contributed by atoms with van der Waals surface area (Å²) in [5.74, 6) is 0. The van der Waals surface area contributed by atoms with E-state index in [0.29, 0.717) is 5.39 Å². The quantitative estimate of drug-likeness (QED) is 0.740. The van der Waals surface area contributed by atoms with Crippen molar-refractivity contribution in [3.63, 3.8) is 0 Å². The van der Waals surface area contributed by atoms with E-state index in [1.54, 1.807) is 6.07 Å². The molecular formula is C13H20N2O. The fourth-order valence-corrected chi connectivity index (χ4v) is 1.25. The summed E-state index contributed by atoms with van der Waals surface area (Å²) < 4.78 is 0. The number of hydrogen-bond acceptors (Lipinski definition) is 2. The number of H-pyrrole nitrogens is 1. The van der Waals surface area contributed by atoms with E-state index in [-0.39, 0.29) is 5.56 Å². The molecule has 0 unspecified atom stereocenters. The molecule has 2 rings (SSSR count). The van der Waals surface area contributed by atoms with Crippen LogP contribution in [0.1, 0.15) is 33.4 Å². The van der Waals surface area contributed by atoms with Crippen LogP contribution in [-0.4, -0.2) is 10.2 Å². The van der Waals surface area contributed by atoms with Gasteiger partial charge in [-0.1, -0.05) is 45.9 Å². The Balaban J connectivity index is 0.000000509. The summed E-state index contributed by atoms with van der Waals surface area (Å²) in [5, 5.41) is 7.92. The van der Waals surface area contributed by atoms with Crippen molar-refractivity contribution >= 4 is 10.8 Å². The molecule has 1 aromatic carbocycles. The van der Waals surface area contributed by atoms with E-state index in [2.05, 4.69) is 10.2 Å². The third-order valence-corrected chi connectivity index (χ3v) is 1.89. The van der Waals surface area contributed by atoms with Crippen LogP contribution in [0.15, 0.2) is 29.1 Å². The Bertz CT molecular complexity index is 475. The van der Waals surface area contributed by atoms with E-state index in [1.165, 1.54) is 0 Å². The van der Waals surface area contributed by atoms with Gasteiger partial charge in [0, 0.05) is 5.39 Å². The average Bonchev–Trinajstić information content (AvgIpc) is 2.39. The van der Waals surface area contributed by atoms with E-state index in [0.717, 1.165) is 11.1 Å². The van der Waals surface area contributed by atoms with E-state index < -0.39 is 0 Å². The van der Waals surface area contributed by atoms with E-state index in [9.17, 15) is 4.79 Å². The van der Waals surface area contributed by atoms with Gasteiger partial charge in [-0.3, -0.25) is 4.79 Å². The number of fused-ring (bicyclic) bond motifs is 1. The lowest BCUT2D eigenvalue weighted by Crippen LogP contribution is -2.09. The van der Waals surface area contributed by atoms with Gasteiger partial charge in [0.1, 0.15) is 0 Å². The monoisotopic (exact) mass is 220 g/mol. The van der Waals surface area contributed by atoms with Crippen molar-refractivity contribution in [2.24, 2.45) is 0 Å². The number of aryl methyl sites for hydroxylation is 1. The van der Waals surface area contributed by atoms with Crippen LogP contribution in [-0.2, 0) is 0 Å². The molecule has 88 valence electrons. The van der Waals surface area contributed by atoms with E-state index >= 15 is 0 Å². The number of benzene rings is 1. The fourth-order valence-electron chi connectivity index (χ4n) is 1.25. The molecule has 1 aromatic heterocycles. The Labute approximate surface area is 96.5 Å². The first-order valence-electron chi connectivity index (χ1n) is 5.73. The standard InChI is InChI=1S/C9H8N2O.2C2H6/c1-6-7-4-2-3-5-8(7)9(12)11-10-6;2*1-2/h2-5H,1H3,(H,11,12);2*1-2H3. The molecule has 0 aliphatic carbocycles. The number of aromatic nitrogens is 2. The van der Waals surface area contributed by atoms with Gasteiger partial charge in [0.05, 0.1) is 11.1 Å². The van der Waals surface area contributed by atoms with Gasteiger partial charge in [-0.15, -0.1) is 0 Å². The molecule has 0 saturated carbocycles. The molecule has 0 aliphatic heterocycles. The van der Waals surface area contributed by atoms with Crippen molar-refractivity contribution in [2.45, 2.75) is 34.6 Å². The zero-order chi connectivity index (χ0) is 12.6. The van der Waals surface area contributed by atoms with Crippen LogP contribution in [0.5, 0.6) is 0 Å². The highest BCUT2D eigenvalue weighted by molar-refractivity contribution is 5.82. The van der Waals surface area contributed by atoms with Crippen LogP contribution in [0.25, 0.3) is 10.8 Å². The first-order valence-corrected chi connectivity index (χ1v) is 5.73. The summed E-state index contributed by atoms with van der Waals surface area (Å²) in [6.45, 7) is 9.87. The summed E-state index contributed by atoms with van der Waals surface area (Å²) in [5.41, 5.74) is 0.724. The van der Waals surface area contributed by atoms with Gasteiger partial charge in [-0.2, -0.15) is 5.10 Å². The normalized spacial score (nSPS) is 8.56. The molecule has 0 bridgehead atoms. The number of hydrogen-bond donors (Lipinski definition) is 1. The largest absolute Gasteiger partial charge is 0.272 e. The van der Waals surface area contributed by atoms with Crippen molar-refractivity contribution in [2.75, 3.05) is 0 Å². The average molecular weight is 220 g/mol. The minimum atomic E-state index is -0.129. The SMILES string of the molecule is CC.CC.Cc1n[nH]c(=O)c2ccccc12. The lowest BCUT2D eigenvalue weighted by Gasteiger charge is -1.97. The molecule has 0 fully saturated rings. The Kier molecular flexibility index (Phi) is 6.84. The Morgan fingerprint density at radius 2 is 1.50 bits per heavy atom. The van der Waals surface area contributed by atoms with E-state index in [4.69, 9.17) is 0 Å². The molecule has 3 nitrogen and oxygen atoms in total. The summed E-state index contributed by atoms with van der Waals surface area (Å²) in [4.78, 5) is 11.2. The number of aromatic amines is 1. The van der Waals surface area contributed by atoms with Crippen molar-refractivity contribution < 1.29 is 0 Å². The zero-order valence-corrected chi connectivity index (χ0v) is 10.7. The van der Waals surface area contributed by atoms with Crippen molar-refractivity contribution in [3.8, 4) is 0 Å². The van der Waals surface area contributed by atoms with Crippen LogP contribution in [0.4, 0.5) is 0 Å². The summed E-state index contributed by atoms with van der Waals surface area (Å²) >= 11 is 0. The van der Waals surface area contributed by atoms with Crippen molar-refractivity contribution in [1.29, 1.82) is 0 Å². The second-order valence-corrected chi connectivity index (χ2v) is 2.68. The molecule has 0 amide bonds. The second kappa shape index (κ2) is 7.63. The first-order chi connectivity index (χ1) is 7.79. The maximum absolute atomic E-state index is 11.2. The highest BCUT2D eigenvalue weighted by atomic mass is 16.1. The molecule has 1 heterocycles. The predicted octanol–water partition coefficient (Wildman–Crippen LogP) is 3.28. The maximum atomic E-state index is 11.2. The smallest absolute Gasteiger partial charge is 0.267 e. The molecule has 3 heteroatoms. The highest BCUT2D eigenvalue weighted by Gasteiger charge is 1.99. The molecule has 16 heavy (non-hydrogen) atoms. The molecule has 0 atom stereocenters.